The number of carbonyl (C=O) groups excluding carboxylic acids is 1. The first-order chi connectivity index (χ1) is 13.8. The lowest BCUT2D eigenvalue weighted by Gasteiger charge is -2.27. The van der Waals surface area contributed by atoms with Crippen LogP contribution in [0.1, 0.15) is 87.1 Å². The van der Waals surface area contributed by atoms with E-state index in [2.05, 4.69) is 68.1 Å². The van der Waals surface area contributed by atoms with Crippen molar-refractivity contribution >= 4 is 5.91 Å². The topological polar surface area (TPSA) is 50.2 Å². The minimum atomic E-state index is -0.154. The van der Waals surface area contributed by atoms with E-state index in [4.69, 9.17) is 0 Å². The molecule has 1 aromatic carbocycles. The van der Waals surface area contributed by atoms with Gasteiger partial charge in [0.2, 0.25) is 0 Å². The second kappa shape index (κ2) is 9.12. The van der Waals surface area contributed by atoms with Gasteiger partial charge in [0, 0.05) is 18.8 Å². The van der Waals surface area contributed by atoms with Crippen LogP contribution in [-0.2, 0) is 18.6 Å². The number of nitrogens with zero attached hydrogens (tertiary/aromatic N) is 3. The third kappa shape index (κ3) is 5.47. The van der Waals surface area contributed by atoms with Gasteiger partial charge in [0.25, 0.3) is 5.91 Å². The van der Waals surface area contributed by atoms with Crippen LogP contribution in [0.2, 0.25) is 0 Å². The Morgan fingerprint density at radius 3 is 2.34 bits per heavy atom. The van der Waals surface area contributed by atoms with Crippen LogP contribution in [-0.4, -0.2) is 33.7 Å². The lowest BCUT2D eigenvalue weighted by atomic mass is 10.0. The fourth-order valence-corrected chi connectivity index (χ4v) is 3.96. The molecule has 158 valence electrons. The average molecular weight is 397 g/mol. The summed E-state index contributed by atoms with van der Waals surface area (Å²) in [5, 5.41) is 7.72. The Morgan fingerprint density at radius 2 is 1.76 bits per heavy atom. The molecule has 0 saturated carbocycles. The van der Waals surface area contributed by atoms with Gasteiger partial charge in [0.05, 0.1) is 5.54 Å². The molecule has 0 aliphatic carbocycles. The molecule has 5 nitrogen and oxygen atoms in total. The van der Waals surface area contributed by atoms with Crippen LogP contribution in [0.4, 0.5) is 0 Å². The van der Waals surface area contributed by atoms with Crippen LogP contribution in [0.3, 0.4) is 0 Å². The summed E-state index contributed by atoms with van der Waals surface area (Å²) in [5.74, 6) is 0.205. The third-order valence-corrected chi connectivity index (χ3v) is 5.60. The van der Waals surface area contributed by atoms with Crippen molar-refractivity contribution in [3.8, 4) is 0 Å². The second-order valence-corrected chi connectivity index (χ2v) is 9.48. The molecule has 1 amide bonds. The summed E-state index contributed by atoms with van der Waals surface area (Å²) in [4.78, 5) is 15.4. The van der Waals surface area contributed by atoms with Crippen molar-refractivity contribution in [1.29, 1.82) is 0 Å². The molecule has 3 rings (SSSR count). The van der Waals surface area contributed by atoms with Crippen molar-refractivity contribution in [2.24, 2.45) is 0 Å². The molecule has 0 atom stereocenters. The van der Waals surface area contributed by atoms with Crippen LogP contribution in [0, 0.1) is 0 Å². The normalized spacial score (nSPS) is 15.7. The Morgan fingerprint density at radius 1 is 1.10 bits per heavy atom. The summed E-state index contributed by atoms with van der Waals surface area (Å²) in [6, 6.07) is 10.4. The third-order valence-electron chi connectivity index (χ3n) is 5.60. The summed E-state index contributed by atoms with van der Waals surface area (Å²) in [5.41, 5.74) is 3.92. The number of amides is 1. The fraction of sp³-hybridized carbons (Fsp3) is 0.583. The van der Waals surface area contributed by atoms with Crippen molar-refractivity contribution in [3.05, 3.63) is 52.8 Å². The molecule has 0 bridgehead atoms. The first-order valence-corrected chi connectivity index (χ1v) is 10.9. The molecule has 29 heavy (non-hydrogen) atoms. The lowest BCUT2D eigenvalue weighted by Crippen LogP contribution is -2.30. The number of piperidine rings is 1. The quantitative estimate of drug-likeness (QED) is 0.771. The fourth-order valence-electron chi connectivity index (χ4n) is 3.96. The van der Waals surface area contributed by atoms with E-state index in [-0.39, 0.29) is 11.4 Å². The maximum atomic E-state index is 12.8. The Bertz CT molecular complexity index is 826. The largest absolute Gasteiger partial charge is 0.347 e. The van der Waals surface area contributed by atoms with Crippen molar-refractivity contribution in [2.45, 2.75) is 78.4 Å². The van der Waals surface area contributed by atoms with Crippen LogP contribution < -0.4 is 5.32 Å². The highest BCUT2D eigenvalue weighted by molar-refractivity contribution is 5.92. The first-order valence-electron chi connectivity index (χ1n) is 10.9. The Balaban J connectivity index is 1.70. The molecule has 1 N–H and O–H groups in total. The van der Waals surface area contributed by atoms with Crippen molar-refractivity contribution < 1.29 is 4.79 Å². The molecule has 1 fully saturated rings. The van der Waals surface area contributed by atoms with Gasteiger partial charge in [-0.2, -0.15) is 5.10 Å². The number of carbonyl (C=O) groups is 1. The van der Waals surface area contributed by atoms with Crippen molar-refractivity contribution in [2.75, 3.05) is 13.1 Å². The predicted molar refractivity (Wildman–Crippen MR) is 118 cm³/mol. The van der Waals surface area contributed by atoms with Crippen LogP contribution in [0.25, 0.3) is 0 Å². The maximum absolute atomic E-state index is 12.8. The van der Waals surface area contributed by atoms with Gasteiger partial charge in [0.1, 0.15) is 5.69 Å². The molecule has 2 heterocycles. The number of nitrogens with one attached hydrogen (secondary N) is 1. The molecular formula is C24H36N4O. The number of hydrogen-bond acceptors (Lipinski definition) is 3. The first kappa shape index (κ1) is 21.6. The summed E-state index contributed by atoms with van der Waals surface area (Å²) in [6.45, 7) is 14.4. The molecule has 1 aliphatic heterocycles. The maximum Gasteiger partial charge on any atom is 0.272 e. The molecule has 2 aromatic rings. The zero-order chi connectivity index (χ0) is 21.0. The Labute approximate surface area is 175 Å². The van der Waals surface area contributed by atoms with E-state index >= 15 is 0 Å². The van der Waals surface area contributed by atoms with Gasteiger partial charge >= 0.3 is 0 Å². The average Bonchev–Trinajstić information content (AvgIpc) is 3.14. The molecule has 1 aliphatic rings. The summed E-state index contributed by atoms with van der Waals surface area (Å²) in [7, 11) is 0. The highest BCUT2D eigenvalue weighted by Gasteiger charge is 2.23. The van der Waals surface area contributed by atoms with E-state index in [0.717, 1.165) is 12.2 Å². The van der Waals surface area contributed by atoms with E-state index in [0.29, 0.717) is 18.2 Å². The summed E-state index contributed by atoms with van der Waals surface area (Å²) in [6.07, 6.45) is 3.91. The standard InChI is InChI=1S/C24H36N4O/c1-18(2)22-15-21(26-28(22)24(3,4)5)23(29)25-16-19-11-7-8-12-20(19)17-27-13-9-6-10-14-27/h7-8,11-12,15,18H,6,9-10,13-14,16-17H2,1-5H3,(H,25,29). The van der Waals surface area contributed by atoms with Gasteiger partial charge < -0.3 is 5.32 Å². The minimum Gasteiger partial charge on any atom is -0.347 e. The lowest BCUT2D eigenvalue weighted by molar-refractivity contribution is 0.0944. The highest BCUT2D eigenvalue weighted by Crippen LogP contribution is 2.23. The number of likely N-dealkylation sites (tertiary alicyclic amines) is 1. The summed E-state index contributed by atoms with van der Waals surface area (Å²) < 4.78 is 1.98. The molecule has 1 saturated heterocycles. The van der Waals surface area contributed by atoms with E-state index < -0.39 is 0 Å². The number of benzene rings is 1. The molecule has 1 aromatic heterocycles. The molecule has 0 spiro atoms. The summed E-state index contributed by atoms with van der Waals surface area (Å²) >= 11 is 0. The van der Waals surface area contributed by atoms with E-state index in [9.17, 15) is 4.79 Å². The monoisotopic (exact) mass is 396 g/mol. The Hall–Kier alpha value is -2.14. The molecule has 0 radical (unpaired) electrons. The van der Waals surface area contributed by atoms with Crippen LogP contribution in [0.5, 0.6) is 0 Å². The van der Waals surface area contributed by atoms with Crippen LogP contribution in [0.15, 0.2) is 30.3 Å². The van der Waals surface area contributed by atoms with E-state index in [1.807, 2.05) is 16.8 Å². The Kier molecular flexibility index (Phi) is 6.78. The van der Waals surface area contributed by atoms with Crippen molar-refractivity contribution in [1.82, 2.24) is 20.0 Å². The smallest absolute Gasteiger partial charge is 0.272 e. The van der Waals surface area contributed by atoms with E-state index in [1.165, 1.54) is 43.5 Å². The zero-order valence-electron chi connectivity index (χ0n) is 18.7. The SMILES string of the molecule is CC(C)c1cc(C(=O)NCc2ccccc2CN2CCCCC2)nn1C(C)(C)C. The van der Waals surface area contributed by atoms with Gasteiger partial charge in [-0.25, -0.2) is 0 Å². The zero-order valence-corrected chi connectivity index (χ0v) is 18.7. The van der Waals surface area contributed by atoms with Gasteiger partial charge in [-0.3, -0.25) is 14.4 Å². The van der Waals surface area contributed by atoms with Crippen molar-refractivity contribution in [3.63, 3.8) is 0 Å². The highest BCUT2D eigenvalue weighted by atomic mass is 16.1. The number of aromatic nitrogens is 2. The van der Waals surface area contributed by atoms with Gasteiger partial charge in [-0.15, -0.1) is 0 Å². The van der Waals surface area contributed by atoms with Gasteiger partial charge in [-0.05, 0) is 69.8 Å². The second-order valence-electron chi connectivity index (χ2n) is 9.48. The molecule has 0 unspecified atom stereocenters. The molecular weight excluding hydrogens is 360 g/mol. The number of hydrogen-bond donors (Lipinski definition) is 1. The van der Waals surface area contributed by atoms with Crippen LogP contribution >= 0.6 is 0 Å². The van der Waals surface area contributed by atoms with E-state index in [1.54, 1.807) is 0 Å². The molecule has 5 heteroatoms. The van der Waals surface area contributed by atoms with Gasteiger partial charge in [0.15, 0.2) is 0 Å². The van der Waals surface area contributed by atoms with Gasteiger partial charge in [-0.1, -0.05) is 44.5 Å². The number of rotatable bonds is 6. The predicted octanol–water partition coefficient (Wildman–Crippen LogP) is 4.68. The minimum absolute atomic E-state index is 0.109.